The third-order valence-electron chi connectivity index (χ3n) is 7.17. The Labute approximate surface area is 226 Å². The maximum atomic E-state index is 13.2. The third kappa shape index (κ3) is 5.40. The molecule has 3 aromatic rings. The minimum Gasteiger partial charge on any atom is -0.465 e. The van der Waals surface area contributed by atoms with Crippen molar-refractivity contribution in [3.63, 3.8) is 0 Å². The lowest BCUT2D eigenvalue weighted by atomic mass is 9.98. The van der Waals surface area contributed by atoms with Gasteiger partial charge in [0.2, 0.25) is 0 Å². The van der Waals surface area contributed by atoms with Gasteiger partial charge in [0, 0.05) is 43.9 Å². The number of ether oxygens (including phenoxy) is 2. The summed E-state index contributed by atoms with van der Waals surface area (Å²) in [5.74, 6) is -1.11. The molecule has 0 spiro atoms. The van der Waals surface area contributed by atoms with Crippen molar-refractivity contribution < 1.29 is 35.5 Å². The van der Waals surface area contributed by atoms with Gasteiger partial charge in [-0.2, -0.15) is 8.42 Å². The maximum absolute atomic E-state index is 13.2. The van der Waals surface area contributed by atoms with E-state index in [2.05, 4.69) is 28.4 Å². The summed E-state index contributed by atoms with van der Waals surface area (Å²) in [6, 6.07) is 18.7. The molecule has 204 valence electrons. The first-order chi connectivity index (χ1) is 18.7. The Bertz CT molecular complexity index is 1490. The summed E-state index contributed by atoms with van der Waals surface area (Å²) in [5, 5.41) is 0. The van der Waals surface area contributed by atoms with Crippen molar-refractivity contribution in [1.29, 1.82) is 0 Å². The standard InChI is InChI=1S/C28H27FN2O7S/c1-18-24(27(32)36-2)15-19(38-39(29,34)35)16-26(18)30-11-13-31(14-12-30)28(33)37-17-25-22-9-5-3-7-20(22)21-8-4-6-10-23(21)25/h3-10,15-16,25H,11-14,17H2,1-2H3. The minimum atomic E-state index is -5.30. The molecule has 0 radical (unpaired) electrons. The molecule has 0 atom stereocenters. The lowest BCUT2D eigenvalue weighted by molar-refractivity contribution is 0.0599. The first-order valence-corrected chi connectivity index (χ1v) is 13.7. The quantitative estimate of drug-likeness (QED) is 0.326. The highest BCUT2D eigenvalue weighted by molar-refractivity contribution is 7.81. The van der Waals surface area contributed by atoms with Crippen molar-refractivity contribution in [2.75, 3.05) is 44.8 Å². The smallest absolute Gasteiger partial charge is 0.465 e. The van der Waals surface area contributed by atoms with Crippen LogP contribution in [0, 0.1) is 6.92 Å². The molecular weight excluding hydrogens is 527 g/mol. The number of carbonyl (C=O) groups is 2. The number of nitrogens with zero attached hydrogens (tertiary/aromatic N) is 2. The molecule has 0 bridgehead atoms. The molecule has 0 saturated carbocycles. The second-order valence-corrected chi connectivity index (χ2v) is 10.3. The molecule has 1 amide bonds. The topological polar surface area (TPSA) is 102 Å². The molecule has 1 aliphatic heterocycles. The lowest BCUT2D eigenvalue weighted by Crippen LogP contribution is -2.49. The highest BCUT2D eigenvalue weighted by Crippen LogP contribution is 2.44. The first-order valence-electron chi connectivity index (χ1n) is 12.4. The highest BCUT2D eigenvalue weighted by atomic mass is 32.3. The molecule has 3 aromatic carbocycles. The zero-order valence-electron chi connectivity index (χ0n) is 21.4. The predicted octanol–water partition coefficient (Wildman–Crippen LogP) is 4.45. The Balaban J connectivity index is 1.27. The zero-order valence-corrected chi connectivity index (χ0v) is 22.2. The van der Waals surface area contributed by atoms with Crippen molar-refractivity contribution >= 4 is 28.3 Å². The van der Waals surface area contributed by atoms with Crippen LogP contribution < -0.4 is 9.08 Å². The Morgan fingerprint density at radius 2 is 1.54 bits per heavy atom. The summed E-state index contributed by atoms with van der Waals surface area (Å²) >= 11 is 0. The van der Waals surface area contributed by atoms with Crippen molar-refractivity contribution in [3.8, 4) is 16.9 Å². The average Bonchev–Trinajstić information content (AvgIpc) is 3.25. The van der Waals surface area contributed by atoms with E-state index >= 15 is 0 Å². The first kappa shape index (κ1) is 26.5. The van der Waals surface area contributed by atoms with Crippen LogP contribution in [0.2, 0.25) is 0 Å². The monoisotopic (exact) mass is 554 g/mol. The molecule has 1 heterocycles. The summed E-state index contributed by atoms with van der Waals surface area (Å²) in [7, 11) is -4.11. The molecule has 1 aliphatic carbocycles. The third-order valence-corrected chi connectivity index (χ3v) is 7.56. The minimum absolute atomic E-state index is 0.0449. The molecule has 39 heavy (non-hydrogen) atoms. The number of hydrogen-bond donors (Lipinski definition) is 0. The van der Waals surface area contributed by atoms with E-state index in [1.165, 1.54) is 13.2 Å². The predicted molar refractivity (Wildman–Crippen MR) is 142 cm³/mol. The van der Waals surface area contributed by atoms with Crippen LogP contribution in [0.4, 0.5) is 14.4 Å². The van der Waals surface area contributed by atoms with Crippen LogP contribution in [0.25, 0.3) is 11.1 Å². The SMILES string of the molecule is COC(=O)c1cc(OS(=O)(=O)F)cc(N2CCN(C(=O)OCC3c4ccccc4-c4ccccc43)CC2)c1C. The van der Waals surface area contributed by atoms with Crippen molar-refractivity contribution in [2.45, 2.75) is 12.8 Å². The van der Waals surface area contributed by atoms with Gasteiger partial charge in [-0.15, -0.1) is 0 Å². The van der Waals surface area contributed by atoms with E-state index in [0.717, 1.165) is 28.3 Å². The fourth-order valence-corrected chi connectivity index (χ4v) is 5.63. The van der Waals surface area contributed by atoms with E-state index in [-0.39, 0.29) is 23.8 Å². The van der Waals surface area contributed by atoms with Crippen LogP contribution in [0.15, 0.2) is 60.7 Å². The number of rotatable bonds is 6. The summed E-state index contributed by atoms with van der Waals surface area (Å²) < 4.78 is 50.3. The maximum Gasteiger partial charge on any atom is 0.488 e. The number of piperazine rings is 1. The number of halogens is 1. The van der Waals surface area contributed by atoms with Gasteiger partial charge in [0.25, 0.3) is 0 Å². The summed E-state index contributed by atoms with van der Waals surface area (Å²) in [6.07, 6.45) is -0.427. The highest BCUT2D eigenvalue weighted by Gasteiger charge is 2.31. The number of esters is 1. The molecular formula is C28H27FN2O7S. The molecule has 1 saturated heterocycles. The van der Waals surface area contributed by atoms with Crippen LogP contribution in [0.3, 0.4) is 0 Å². The van der Waals surface area contributed by atoms with Gasteiger partial charge >= 0.3 is 22.6 Å². The summed E-state index contributed by atoms with van der Waals surface area (Å²) in [6.45, 7) is 3.29. The molecule has 0 N–H and O–H groups in total. The van der Waals surface area contributed by atoms with Gasteiger partial charge in [-0.3, -0.25) is 0 Å². The van der Waals surface area contributed by atoms with E-state index in [1.54, 1.807) is 11.8 Å². The molecule has 9 nitrogen and oxygen atoms in total. The number of benzene rings is 3. The van der Waals surface area contributed by atoms with Gasteiger partial charge in [0.05, 0.1) is 12.7 Å². The summed E-state index contributed by atoms with van der Waals surface area (Å²) in [5.41, 5.74) is 5.60. The largest absolute Gasteiger partial charge is 0.488 e. The van der Waals surface area contributed by atoms with Crippen LogP contribution in [-0.4, -0.2) is 65.3 Å². The fourth-order valence-electron chi connectivity index (χ4n) is 5.30. The van der Waals surface area contributed by atoms with Crippen molar-refractivity contribution in [2.24, 2.45) is 0 Å². The lowest BCUT2D eigenvalue weighted by Gasteiger charge is -2.36. The van der Waals surface area contributed by atoms with Crippen molar-refractivity contribution in [3.05, 3.63) is 82.9 Å². The van der Waals surface area contributed by atoms with Gasteiger partial charge in [0.15, 0.2) is 0 Å². The number of methoxy groups -OCH3 is 1. The second kappa shape index (κ2) is 10.6. The van der Waals surface area contributed by atoms with Crippen LogP contribution in [-0.2, 0) is 20.0 Å². The molecule has 11 heteroatoms. The molecule has 0 aromatic heterocycles. The number of anilines is 1. The van der Waals surface area contributed by atoms with E-state index in [1.807, 2.05) is 29.2 Å². The van der Waals surface area contributed by atoms with Gasteiger partial charge in [-0.1, -0.05) is 52.4 Å². The van der Waals surface area contributed by atoms with E-state index in [4.69, 9.17) is 9.47 Å². The number of carbonyl (C=O) groups excluding carboxylic acids is 2. The molecule has 0 unspecified atom stereocenters. The Morgan fingerprint density at radius 3 is 2.10 bits per heavy atom. The number of hydrogen-bond acceptors (Lipinski definition) is 8. The Morgan fingerprint density at radius 1 is 0.949 bits per heavy atom. The number of amides is 1. The second-order valence-electron chi connectivity index (χ2n) is 9.36. The van der Waals surface area contributed by atoms with Crippen LogP contribution in [0.1, 0.15) is 33.0 Å². The van der Waals surface area contributed by atoms with E-state index < -0.39 is 22.6 Å². The summed E-state index contributed by atoms with van der Waals surface area (Å²) in [4.78, 5) is 28.7. The average molecular weight is 555 g/mol. The molecule has 2 aliphatic rings. The Hall–Kier alpha value is -4.12. The zero-order chi connectivity index (χ0) is 27.7. The van der Waals surface area contributed by atoms with E-state index in [0.29, 0.717) is 37.4 Å². The molecule has 5 rings (SSSR count). The van der Waals surface area contributed by atoms with Gasteiger partial charge in [-0.25, -0.2) is 9.59 Å². The molecule has 1 fully saturated rings. The number of fused-ring (bicyclic) bond motifs is 3. The Kier molecular flexibility index (Phi) is 7.17. The van der Waals surface area contributed by atoms with Crippen LogP contribution >= 0.6 is 0 Å². The normalized spacial score (nSPS) is 14.9. The fraction of sp³-hybridized carbons (Fsp3) is 0.286. The van der Waals surface area contributed by atoms with Gasteiger partial charge in [-0.05, 0) is 40.8 Å². The van der Waals surface area contributed by atoms with Gasteiger partial charge in [0.1, 0.15) is 12.4 Å². The van der Waals surface area contributed by atoms with Crippen molar-refractivity contribution in [1.82, 2.24) is 4.90 Å². The van der Waals surface area contributed by atoms with E-state index in [9.17, 15) is 21.9 Å². The van der Waals surface area contributed by atoms with Gasteiger partial charge < -0.3 is 23.5 Å². The van der Waals surface area contributed by atoms with Crippen LogP contribution in [0.5, 0.6) is 5.75 Å².